The summed E-state index contributed by atoms with van der Waals surface area (Å²) in [5.74, 6) is -0.744. The van der Waals surface area contributed by atoms with E-state index in [0.717, 1.165) is 23.4 Å². The van der Waals surface area contributed by atoms with Crippen molar-refractivity contribution >= 4 is 23.2 Å². The fraction of sp³-hybridized carbons (Fsp3) is 0.353. The Morgan fingerprint density at radius 3 is 2.65 bits per heavy atom. The molecule has 0 saturated heterocycles. The molecule has 0 radical (unpaired) electrons. The third-order valence-electron chi connectivity index (χ3n) is 3.58. The lowest BCUT2D eigenvalue weighted by atomic mass is 10.2. The predicted molar refractivity (Wildman–Crippen MR) is 88.3 cm³/mol. The molecule has 0 bridgehead atoms. The first-order chi connectivity index (χ1) is 11.0. The fourth-order valence-corrected chi connectivity index (χ4v) is 3.06. The Hall–Kier alpha value is -2.21. The summed E-state index contributed by atoms with van der Waals surface area (Å²) >= 11 is 1.28. The molecule has 0 aliphatic heterocycles. The zero-order valence-corrected chi connectivity index (χ0v) is 13.9. The van der Waals surface area contributed by atoms with Gasteiger partial charge in [-0.15, -0.1) is 11.3 Å². The molecule has 1 aliphatic carbocycles. The number of benzene rings is 1. The Kier molecular flexibility index (Phi) is 4.43. The van der Waals surface area contributed by atoms with Gasteiger partial charge in [-0.25, -0.2) is 9.78 Å². The van der Waals surface area contributed by atoms with Crippen molar-refractivity contribution in [3.63, 3.8) is 0 Å². The average Bonchev–Trinajstić information content (AvgIpc) is 3.27. The van der Waals surface area contributed by atoms with Crippen molar-refractivity contribution < 1.29 is 14.3 Å². The van der Waals surface area contributed by atoms with Crippen LogP contribution in [0.3, 0.4) is 0 Å². The normalized spacial score (nSPS) is 15.0. The topological polar surface area (TPSA) is 68.3 Å². The third kappa shape index (κ3) is 3.76. The molecule has 1 fully saturated rings. The van der Waals surface area contributed by atoms with Gasteiger partial charge < -0.3 is 10.1 Å². The highest BCUT2D eigenvalue weighted by Gasteiger charge is 2.28. The molecule has 5 nitrogen and oxygen atoms in total. The monoisotopic (exact) mass is 330 g/mol. The Bertz CT molecular complexity index is 723. The van der Waals surface area contributed by atoms with E-state index in [0.29, 0.717) is 10.6 Å². The number of aromatic nitrogens is 1. The van der Waals surface area contributed by atoms with Gasteiger partial charge in [-0.2, -0.15) is 0 Å². The Morgan fingerprint density at radius 1 is 1.30 bits per heavy atom. The summed E-state index contributed by atoms with van der Waals surface area (Å²) in [4.78, 5) is 29.0. The number of hydrogen-bond donors (Lipinski definition) is 1. The molecule has 23 heavy (non-hydrogen) atoms. The van der Waals surface area contributed by atoms with Crippen LogP contribution in [0, 0.1) is 6.92 Å². The molecule has 1 amide bonds. The van der Waals surface area contributed by atoms with Gasteiger partial charge in [0.15, 0.2) is 6.10 Å². The molecule has 1 heterocycles. The van der Waals surface area contributed by atoms with Crippen molar-refractivity contribution in [2.24, 2.45) is 0 Å². The van der Waals surface area contributed by atoms with E-state index in [4.69, 9.17) is 4.74 Å². The summed E-state index contributed by atoms with van der Waals surface area (Å²) in [5, 5.41) is 3.60. The van der Waals surface area contributed by atoms with Gasteiger partial charge in [-0.1, -0.05) is 30.3 Å². The van der Waals surface area contributed by atoms with Crippen LogP contribution in [-0.4, -0.2) is 29.0 Å². The summed E-state index contributed by atoms with van der Waals surface area (Å²) < 4.78 is 5.28. The van der Waals surface area contributed by atoms with E-state index in [-0.39, 0.29) is 11.9 Å². The number of ether oxygens (including phenoxy) is 1. The largest absolute Gasteiger partial charge is 0.448 e. The summed E-state index contributed by atoms with van der Waals surface area (Å²) in [5.41, 5.74) is 1.58. The van der Waals surface area contributed by atoms with Crippen molar-refractivity contribution in [3.05, 3.63) is 40.9 Å². The van der Waals surface area contributed by atoms with E-state index in [2.05, 4.69) is 10.3 Å². The van der Waals surface area contributed by atoms with Crippen LogP contribution < -0.4 is 5.32 Å². The predicted octanol–water partition coefficient (Wildman–Crippen LogP) is 2.94. The molecule has 6 heteroatoms. The van der Waals surface area contributed by atoms with Gasteiger partial charge in [0.2, 0.25) is 0 Å². The second-order valence-electron chi connectivity index (χ2n) is 5.63. The van der Waals surface area contributed by atoms with Gasteiger partial charge >= 0.3 is 5.97 Å². The number of carbonyl (C=O) groups excluding carboxylic acids is 2. The van der Waals surface area contributed by atoms with E-state index >= 15 is 0 Å². The summed E-state index contributed by atoms with van der Waals surface area (Å²) in [7, 11) is 0. The third-order valence-corrected chi connectivity index (χ3v) is 4.77. The summed E-state index contributed by atoms with van der Waals surface area (Å²) in [6.45, 7) is 3.36. The van der Waals surface area contributed by atoms with E-state index in [1.54, 1.807) is 13.8 Å². The van der Waals surface area contributed by atoms with Gasteiger partial charge in [0, 0.05) is 11.6 Å². The van der Waals surface area contributed by atoms with Gasteiger partial charge in [-0.3, -0.25) is 4.79 Å². The highest BCUT2D eigenvalue weighted by atomic mass is 32.1. The Labute approximate surface area is 138 Å². The molecule has 3 rings (SSSR count). The van der Waals surface area contributed by atoms with E-state index in [9.17, 15) is 9.59 Å². The standard InChI is InChI=1S/C17H18N2O3S/c1-10-14(23-16(18-10)12-6-4-3-5-7-12)17(21)22-11(2)15(20)19-13-8-9-13/h3-7,11,13H,8-9H2,1-2H3,(H,19,20)/t11-/m1/s1. The van der Waals surface area contributed by atoms with Gasteiger partial charge in [-0.05, 0) is 26.7 Å². The number of amides is 1. The first-order valence-electron chi connectivity index (χ1n) is 7.59. The van der Waals surface area contributed by atoms with E-state index in [1.165, 1.54) is 11.3 Å². The minimum Gasteiger partial charge on any atom is -0.448 e. The SMILES string of the molecule is Cc1nc(-c2ccccc2)sc1C(=O)O[C@H](C)C(=O)NC1CC1. The van der Waals surface area contributed by atoms with Gasteiger partial charge in [0.25, 0.3) is 5.91 Å². The number of nitrogens with one attached hydrogen (secondary N) is 1. The Morgan fingerprint density at radius 2 is 2.00 bits per heavy atom. The maximum Gasteiger partial charge on any atom is 0.351 e. The molecule has 1 atom stereocenters. The van der Waals surface area contributed by atoms with Crippen molar-refractivity contribution in [1.29, 1.82) is 0 Å². The number of hydrogen-bond acceptors (Lipinski definition) is 5. The van der Waals surface area contributed by atoms with Gasteiger partial charge in [0.05, 0.1) is 5.69 Å². The molecule has 1 N–H and O–H groups in total. The first-order valence-corrected chi connectivity index (χ1v) is 8.40. The second-order valence-corrected chi connectivity index (χ2v) is 6.63. The lowest BCUT2D eigenvalue weighted by Crippen LogP contribution is -2.37. The number of rotatable bonds is 5. The van der Waals surface area contributed by atoms with E-state index < -0.39 is 12.1 Å². The molecule has 1 aromatic heterocycles. The number of thiazole rings is 1. The maximum atomic E-state index is 12.3. The minimum absolute atomic E-state index is 0.244. The molecule has 1 aliphatic rings. The molecule has 120 valence electrons. The van der Waals surface area contributed by atoms with Crippen molar-refractivity contribution in [2.75, 3.05) is 0 Å². The van der Waals surface area contributed by atoms with Crippen molar-refractivity contribution in [2.45, 2.75) is 38.8 Å². The van der Waals surface area contributed by atoms with Crippen LogP contribution in [0.15, 0.2) is 30.3 Å². The van der Waals surface area contributed by atoms with Crippen molar-refractivity contribution in [1.82, 2.24) is 10.3 Å². The second kappa shape index (κ2) is 6.50. The lowest BCUT2D eigenvalue weighted by molar-refractivity contribution is -0.129. The molecule has 0 spiro atoms. The minimum atomic E-state index is -0.801. The van der Waals surface area contributed by atoms with E-state index in [1.807, 2.05) is 30.3 Å². The summed E-state index contributed by atoms with van der Waals surface area (Å²) in [6.07, 6.45) is 1.20. The van der Waals surface area contributed by atoms with Crippen molar-refractivity contribution in [3.8, 4) is 10.6 Å². The first kappa shape index (κ1) is 15.7. The maximum absolute atomic E-state index is 12.3. The number of nitrogens with zero attached hydrogens (tertiary/aromatic N) is 1. The van der Waals surface area contributed by atoms with Crippen LogP contribution in [-0.2, 0) is 9.53 Å². The highest BCUT2D eigenvalue weighted by Crippen LogP contribution is 2.28. The highest BCUT2D eigenvalue weighted by molar-refractivity contribution is 7.17. The smallest absolute Gasteiger partial charge is 0.351 e. The zero-order chi connectivity index (χ0) is 16.4. The molecular weight excluding hydrogens is 312 g/mol. The van der Waals surface area contributed by atoms with Crippen LogP contribution in [0.2, 0.25) is 0 Å². The van der Waals surface area contributed by atoms with Crippen LogP contribution in [0.25, 0.3) is 10.6 Å². The Balaban J connectivity index is 1.69. The zero-order valence-electron chi connectivity index (χ0n) is 13.0. The number of aryl methyl sites for hydroxylation is 1. The number of esters is 1. The summed E-state index contributed by atoms with van der Waals surface area (Å²) in [6, 6.07) is 9.92. The van der Waals surface area contributed by atoms with Gasteiger partial charge in [0.1, 0.15) is 9.88 Å². The molecule has 0 unspecified atom stereocenters. The van der Waals surface area contributed by atoms with Crippen LogP contribution in [0.1, 0.15) is 35.1 Å². The van der Waals surface area contributed by atoms with Crippen LogP contribution in [0.4, 0.5) is 0 Å². The molecule has 2 aromatic rings. The molecular formula is C17H18N2O3S. The quantitative estimate of drug-likeness (QED) is 0.856. The lowest BCUT2D eigenvalue weighted by Gasteiger charge is -2.12. The number of carbonyl (C=O) groups is 2. The van der Waals surface area contributed by atoms with Crippen LogP contribution in [0.5, 0.6) is 0 Å². The molecule has 1 saturated carbocycles. The molecule has 1 aromatic carbocycles. The fourth-order valence-electron chi connectivity index (χ4n) is 2.10. The van der Waals surface area contributed by atoms with Crippen LogP contribution >= 0.6 is 11.3 Å². The average molecular weight is 330 g/mol.